The lowest BCUT2D eigenvalue weighted by molar-refractivity contribution is 0.497. The molecule has 2 nitrogen and oxygen atoms in total. The van der Waals surface area contributed by atoms with Crippen molar-refractivity contribution in [1.29, 1.82) is 0 Å². The zero-order valence-corrected chi connectivity index (χ0v) is 13.6. The number of nitrogens with two attached hydrogens (primary N) is 1. The molecule has 0 aliphatic carbocycles. The van der Waals surface area contributed by atoms with Crippen LogP contribution in [0.25, 0.3) is 0 Å². The van der Waals surface area contributed by atoms with Crippen molar-refractivity contribution in [2.75, 3.05) is 0 Å². The van der Waals surface area contributed by atoms with Gasteiger partial charge in [-0.25, -0.2) is 0 Å². The lowest BCUT2D eigenvalue weighted by atomic mass is 9.97. The third kappa shape index (κ3) is 5.97. The van der Waals surface area contributed by atoms with Crippen LogP contribution in [-0.2, 0) is 12.8 Å². The highest BCUT2D eigenvalue weighted by Gasteiger charge is 2.11. The summed E-state index contributed by atoms with van der Waals surface area (Å²) in [6.07, 6.45) is 4.12. The van der Waals surface area contributed by atoms with E-state index < -0.39 is 0 Å². The van der Waals surface area contributed by atoms with Gasteiger partial charge in [0.15, 0.2) is 0 Å². The maximum atomic E-state index is 6.27. The van der Waals surface area contributed by atoms with Crippen LogP contribution in [-0.4, -0.2) is 12.1 Å². The number of benzene rings is 2. The molecule has 0 heterocycles. The van der Waals surface area contributed by atoms with Gasteiger partial charge < -0.3 is 5.73 Å². The maximum absolute atomic E-state index is 6.27. The summed E-state index contributed by atoms with van der Waals surface area (Å²) in [4.78, 5) is 0. The average molecular weight is 300 g/mol. The van der Waals surface area contributed by atoms with Crippen molar-refractivity contribution in [3.05, 3.63) is 71.8 Å². The van der Waals surface area contributed by atoms with Crippen molar-refractivity contribution in [1.82, 2.24) is 5.09 Å². The standard InChI is InChI=1S/C18H25N2P/c19-17(13-15-7-3-1-4-8-15)11-12-18(20-21)14-16-9-5-2-6-10-16/h1-10,17-18,20H,11-14,19,21H2/t17-,18-/m1/s1. The molecule has 2 aromatic rings. The zero-order valence-electron chi connectivity index (χ0n) is 12.4. The summed E-state index contributed by atoms with van der Waals surface area (Å²) in [6, 6.07) is 21.8. The molecule has 0 aliphatic heterocycles. The number of hydrogen-bond donors (Lipinski definition) is 2. The molecule has 21 heavy (non-hydrogen) atoms. The summed E-state index contributed by atoms with van der Waals surface area (Å²) >= 11 is 0. The normalized spacial score (nSPS) is 13.8. The van der Waals surface area contributed by atoms with Gasteiger partial charge in [-0.15, -0.1) is 0 Å². The monoisotopic (exact) mass is 300 g/mol. The number of rotatable bonds is 8. The van der Waals surface area contributed by atoms with E-state index in [0.29, 0.717) is 6.04 Å². The van der Waals surface area contributed by atoms with E-state index in [0.717, 1.165) is 25.7 Å². The van der Waals surface area contributed by atoms with Gasteiger partial charge in [-0.3, -0.25) is 5.09 Å². The highest BCUT2D eigenvalue weighted by molar-refractivity contribution is 7.13. The molecule has 3 heteroatoms. The van der Waals surface area contributed by atoms with Gasteiger partial charge in [0.25, 0.3) is 0 Å². The van der Waals surface area contributed by atoms with Gasteiger partial charge in [0.1, 0.15) is 0 Å². The molecule has 2 aromatic carbocycles. The Morgan fingerprint density at radius 2 is 1.33 bits per heavy atom. The van der Waals surface area contributed by atoms with Crippen molar-refractivity contribution in [2.24, 2.45) is 5.73 Å². The minimum absolute atomic E-state index is 0.226. The van der Waals surface area contributed by atoms with Crippen LogP contribution < -0.4 is 10.8 Å². The predicted octanol–water partition coefficient (Wildman–Crippen LogP) is 3.33. The first kappa shape index (κ1) is 16.2. The molecule has 0 aliphatic rings. The predicted molar refractivity (Wildman–Crippen MR) is 94.1 cm³/mol. The summed E-state index contributed by atoms with van der Waals surface area (Å²) in [5.74, 6) is 0. The SMILES string of the molecule is N[C@H](CC[C@H](Cc1ccccc1)NP)Cc1ccccc1. The molecule has 0 saturated heterocycles. The third-order valence-electron chi connectivity index (χ3n) is 3.79. The summed E-state index contributed by atoms with van der Waals surface area (Å²) in [5, 5.41) is 3.33. The fourth-order valence-corrected chi connectivity index (χ4v) is 2.86. The van der Waals surface area contributed by atoms with Crippen LogP contribution in [0.15, 0.2) is 60.7 Å². The first-order valence-electron chi connectivity index (χ1n) is 7.57. The Labute approximate surface area is 130 Å². The molecule has 0 amide bonds. The van der Waals surface area contributed by atoms with Crippen LogP contribution >= 0.6 is 9.39 Å². The van der Waals surface area contributed by atoms with Gasteiger partial charge in [-0.1, -0.05) is 70.1 Å². The topological polar surface area (TPSA) is 38.0 Å². The minimum Gasteiger partial charge on any atom is -0.327 e. The van der Waals surface area contributed by atoms with Crippen molar-refractivity contribution in [2.45, 2.75) is 37.8 Å². The molecule has 0 spiro atoms. The Balaban J connectivity index is 1.77. The minimum atomic E-state index is 0.226. The van der Waals surface area contributed by atoms with Gasteiger partial charge in [0.05, 0.1) is 0 Å². The second kappa shape index (κ2) is 8.94. The van der Waals surface area contributed by atoms with Crippen molar-refractivity contribution >= 4 is 9.39 Å². The molecule has 3 N–H and O–H groups in total. The summed E-state index contributed by atoms with van der Waals surface area (Å²) in [5.41, 5.74) is 8.96. The van der Waals surface area contributed by atoms with E-state index in [-0.39, 0.29) is 6.04 Å². The molecule has 0 saturated carbocycles. The zero-order chi connectivity index (χ0) is 14.9. The van der Waals surface area contributed by atoms with Crippen molar-refractivity contribution in [3.63, 3.8) is 0 Å². The van der Waals surface area contributed by atoms with E-state index in [1.165, 1.54) is 11.1 Å². The quantitative estimate of drug-likeness (QED) is 0.734. The first-order chi connectivity index (χ1) is 10.3. The highest BCUT2D eigenvalue weighted by atomic mass is 31.0. The van der Waals surface area contributed by atoms with E-state index in [4.69, 9.17) is 5.73 Å². The summed E-state index contributed by atoms with van der Waals surface area (Å²) in [6.45, 7) is 0. The maximum Gasteiger partial charge on any atom is 0.0140 e. The Morgan fingerprint density at radius 1 is 0.810 bits per heavy atom. The molecule has 0 fully saturated rings. The summed E-state index contributed by atoms with van der Waals surface area (Å²) < 4.78 is 0. The highest BCUT2D eigenvalue weighted by Crippen LogP contribution is 2.12. The van der Waals surface area contributed by atoms with Crippen LogP contribution in [0.2, 0.25) is 0 Å². The molecule has 0 bridgehead atoms. The number of hydrogen-bond acceptors (Lipinski definition) is 2. The lowest BCUT2D eigenvalue weighted by Gasteiger charge is -2.19. The molecule has 1 unspecified atom stereocenters. The fraction of sp³-hybridized carbons (Fsp3) is 0.333. The van der Waals surface area contributed by atoms with Crippen LogP contribution in [0.3, 0.4) is 0 Å². The van der Waals surface area contributed by atoms with Gasteiger partial charge in [0, 0.05) is 12.1 Å². The second-order valence-electron chi connectivity index (χ2n) is 5.58. The van der Waals surface area contributed by atoms with Crippen molar-refractivity contribution < 1.29 is 0 Å². The first-order valence-corrected chi connectivity index (χ1v) is 8.15. The molecule has 0 aromatic heterocycles. The van der Waals surface area contributed by atoms with Crippen LogP contribution in [0.4, 0.5) is 0 Å². The van der Waals surface area contributed by atoms with Crippen LogP contribution in [0.1, 0.15) is 24.0 Å². The van der Waals surface area contributed by atoms with Gasteiger partial charge >= 0.3 is 0 Å². The third-order valence-corrected chi connectivity index (χ3v) is 4.26. The Hall–Kier alpha value is -1.21. The fourth-order valence-electron chi connectivity index (χ4n) is 2.58. The van der Waals surface area contributed by atoms with Gasteiger partial charge in [-0.05, 0) is 36.8 Å². The van der Waals surface area contributed by atoms with Gasteiger partial charge in [0.2, 0.25) is 0 Å². The van der Waals surface area contributed by atoms with E-state index in [2.05, 4.69) is 69.1 Å². The Morgan fingerprint density at radius 3 is 1.86 bits per heavy atom. The molecule has 112 valence electrons. The van der Waals surface area contributed by atoms with Gasteiger partial charge in [-0.2, -0.15) is 0 Å². The van der Waals surface area contributed by atoms with E-state index in [9.17, 15) is 0 Å². The average Bonchev–Trinajstić information content (AvgIpc) is 2.53. The second-order valence-corrected chi connectivity index (χ2v) is 5.91. The molecule has 3 atom stereocenters. The molecule has 2 rings (SSSR count). The molecule has 0 radical (unpaired) electrons. The Kier molecular flexibility index (Phi) is 6.88. The Bertz CT molecular complexity index is 501. The molecular formula is C18H25N2P. The summed E-state index contributed by atoms with van der Waals surface area (Å²) in [7, 11) is 2.64. The van der Waals surface area contributed by atoms with E-state index in [1.807, 2.05) is 6.07 Å². The van der Waals surface area contributed by atoms with Crippen LogP contribution in [0, 0.1) is 0 Å². The smallest absolute Gasteiger partial charge is 0.0140 e. The largest absolute Gasteiger partial charge is 0.327 e. The van der Waals surface area contributed by atoms with Crippen molar-refractivity contribution in [3.8, 4) is 0 Å². The van der Waals surface area contributed by atoms with Crippen LogP contribution in [0.5, 0.6) is 0 Å². The number of nitrogens with one attached hydrogen (secondary N) is 1. The van der Waals surface area contributed by atoms with E-state index in [1.54, 1.807) is 0 Å². The lowest BCUT2D eigenvalue weighted by Crippen LogP contribution is -2.29. The molecular weight excluding hydrogens is 275 g/mol. The van der Waals surface area contributed by atoms with E-state index >= 15 is 0 Å².